The average Bonchev–Trinajstić information content (AvgIpc) is 3.31. The van der Waals surface area contributed by atoms with E-state index in [1.165, 1.54) is 13.8 Å². The Morgan fingerprint density at radius 1 is 0.634 bits per heavy atom. The topological polar surface area (TPSA) is 175 Å². The smallest absolute Gasteiger partial charge is 0.470 e. The minimum atomic E-state index is -1.19. The number of amides is 1. The highest BCUT2D eigenvalue weighted by Crippen LogP contribution is 2.44. The first kappa shape index (κ1) is 57.6. The molecule has 6 heterocycles. The van der Waals surface area contributed by atoms with Crippen LogP contribution in [0.4, 0.5) is 0 Å². The summed E-state index contributed by atoms with van der Waals surface area (Å²) in [5, 5.41) is 3.11. The van der Waals surface area contributed by atoms with E-state index in [4.69, 9.17) is 65.4 Å². The second-order valence-corrected chi connectivity index (χ2v) is 24.3. The van der Waals surface area contributed by atoms with Crippen molar-refractivity contribution < 1.29 is 75.0 Å². The van der Waals surface area contributed by atoms with Gasteiger partial charge in [0.2, 0.25) is 5.91 Å². The maximum atomic E-state index is 13.5. The number of fused-ring (bicyclic) bond motifs is 1. The first-order valence-electron chi connectivity index (χ1n) is 26.0. The van der Waals surface area contributed by atoms with Gasteiger partial charge in [-0.15, -0.1) is 0 Å². The molecule has 1 amide bonds. The average molecular weight is 1130 g/mol. The van der Waals surface area contributed by atoms with E-state index in [2.05, 4.69) is 81.0 Å². The van der Waals surface area contributed by atoms with Gasteiger partial charge in [0.25, 0.3) is 0 Å². The Morgan fingerprint density at radius 3 is 1.80 bits per heavy atom. The lowest BCUT2D eigenvalue weighted by Gasteiger charge is -2.54. The molecule has 0 bridgehead atoms. The number of ether oxygens (including phenoxy) is 13. The number of rotatable bonds is 16. The fourth-order valence-electron chi connectivity index (χ4n) is 11.0. The molecule has 10 unspecified atom stereocenters. The number of benzene rings is 1. The Labute approximate surface area is 439 Å². The van der Waals surface area contributed by atoms with Crippen molar-refractivity contribution in [3.05, 3.63) is 35.9 Å². The predicted molar refractivity (Wildman–Crippen MR) is 270 cm³/mol. The maximum absolute atomic E-state index is 13.5. The first-order valence-corrected chi connectivity index (χ1v) is 31.7. The van der Waals surface area contributed by atoms with Gasteiger partial charge >= 0.3 is 18.2 Å². The molecule has 1 aromatic carbocycles. The molecule has 6 aliphatic rings. The van der Waals surface area contributed by atoms with Crippen molar-refractivity contribution in [2.75, 3.05) is 13.2 Å². The van der Waals surface area contributed by atoms with Gasteiger partial charge in [0.15, 0.2) is 43.3 Å². The van der Waals surface area contributed by atoms with E-state index in [-0.39, 0.29) is 66.3 Å². The molecule has 7 rings (SSSR count). The minimum absolute atomic E-state index is 0.0120. The van der Waals surface area contributed by atoms with Crippen LogP contribution in [0.3, 0.4) is 0 Å². The monoisotopic (exact) mass is 1130 g/mol. The first-order chi connectivity index (χ1) is 33.6. The Kier molecular flexibility index (Phi) is 20.2. The molecule has 17 nitrogen and oxygen atoms in total. The van der Waals surface area contributed by atoms with E-state index in [1.807, 2.05) is 65.0 Å². The zero-order chi connectivity index (χ0) is 51.6. The molecule has 6 saturated heterocycles. The van der Waals surface area contributed by atoms with E-state index >= 15 is 0 Å². The number of hydrogen-bond acceptors (Lipinski definition) is 16. The summed E-state index contributed by atoms with van der Waals surface area (Å²) < 4.78 is 93.6. The molecule has 1 N–H and O–H groups in total. The second kappa shape index (κ2) is 24.9. The number of hydrogen-bond donors (Lipinski definition) is 1. The Morgan fingerprint density at radius 2 is 1.18 bits per heavy atom. The number of carbonyl (C=O) groups excluding carboxylic acids is 2. The highest BCUT2D eigenvalue weighted by Gasteiger charge is 2.59. The van der Waals surface area contributed by atoms with Crippen LogP contribution in [-0.4, -0.2) is 148 Å². The van der Waals surface area contributed by atoms with Gasteiger partial charge < -0.3 is 70.7 Å². The lowest BCUT2D eigenvalue weighted by atomic mass is 9.79. The van der Waals surface area contributed by atoms with Crippen LogP contribution in [-0.2, 0) is 81.6 Å². The van der Waals surface area contributed by atoms with Crippen molar-refractivity contribution in [1.29, 1.82) is 0 Å². The predicted octanol–water partition coefficient (Wildman–Crippen LogP) is 6.82. The van der Waals surface area contributed by atoms with Crippen LogP contribution in [0.1, 0.15) is 109 Å². The lowest BCUT2D eigenvalue weighted by molar-refractivity contribution is -0.408. The zero-order valence-corrected chi connectivity index (χ0v) is 48.1. The van der Waals surface area contributed by atoms with Gasteiger partial charge in [0, 0.05) is 37.5 Å². The summed E-state index contributed by atoms with van der Waals surface area (Å²) in [6.45, 7) is 30.6. The fraction of sp³-hybridized carbons (Fsp3) is 0.846. The van der Waals surface area contributed by atoms with Gasteiger partial charge in [-0.3, -0.25) is 9.59 Å². The van der Waals surface area contributed by atoms with Gasteiger partial charge in [-0.05, 0) is 63.9 Å². The number of nitrogens with one attached hydrogen (secondary N) is 1. The molecule has 25 atom stereocenters. The van der Waals surface area contributed by atoms with Crippen LogP contribution >= 0.6 is 20.3 Å². The van der Waals surface area contributed by atoms with Crippen molar-refractivity contribution in [3.63, 3.8) is 0 Å². The largest absolute Gasteiger partial charge is 0.527 e. The third-order valence-electron chi connectivity index (χ3n) is 16.7. The van der Waals surface area contributed by atoms with Gasteiger partial charge in [0.1, 0.15) is 36.6 Å². The number of carbonyl (C=O) groups is 2. The molecule has 19 heteroatoms. The van der Waals surface area contributed by atoms with E-state index in [9.17, 15) is 9.59 Å². The quantitative estimate of drug-likeness (QED) is 0.104. The van der Waals surface area contributed by atoms with Crippen LogP contribution < -0.4 is 5.32 Å². The van der Waals surface area contributed by atoms with Crippen molar-refractivity contribution in [3.8, 4) is 0 Å². The summed E-state index contributed by atoms with van der Waals surface area (Å²) in [5.41, 5.74) is 1.09. The minimum Gasteiger partial charge on any atom is -0.470 e. The molecule has 402 valence electrons. The molecular weight excluding hydrogens is 1050 g/mol. The van der Waals surface area contributed by atoms with Crippen molar-refractivity contribution in [2.24, 2.45) is 47.3 Å². The van der Waals surface area contributed by atoms with Crippen molar-refractivity contribution in [1.82, 2.24) is 5.32 Å². The van der Waals surface area contributed by atoms with E-state index in [0.29, 0.717) is 25.0 Å². The van der Waals surface area contributed by atoms with Gasteiger partial charge in [0.05, 0.1) is 50.3 Å². The molecule has 6 aliphatic heterocycles. The van der Waals surface area contributed by atoms with Gasteiger partial charge in [-0.1, -0.05) is 85.7 Å². The molecule has 71 heavy (non-hydrogen) atoms. The van der Waals surface area contributed by atoms with Crippen LogP contribution in [0.25, 0.3) is 0 Å². The summed E-state index contributed by atoms with van der Waals surface area (Å²) in [7, 11) is 0. The highest BCUT2D eigenvalue weighted by molar-refractivity contribution is 14.1. The lowest BCUT2D eigenvalue weighted by Crippen LogP contribution is -2.71. The summed E-state index contributed by atoms with van der Waals surface area (Å²) in [6, 6.07) is 9.08. The fourth-order valence-corrected chi connectivity index (χ4v) is 12.5. The summed E-state index contributed by atoms with van der Waals surface area (Å²) in [4.78, 5) is 26.5. The molecule has 0 radical (unpaired) electrons. The van der Waals surface area contributed by atoms with E-state index in [1.54, 1.807) is 0 Å². The van der Waals surface area contributed by atoms with Crippen LogP contribution in [0.5, 0.6) is 0 Å². The van der Waals surface area contributed by atoms with Crippen LogP contribution in [0.15, 0.2) is 30.3 Å². The third kappa shape index (κ3) is 13.5. The van der Waals surface area contributed by atoms with E-state index in [0.717, 1.165) is 5.56 Å². The van der Waals surface area contributed by atoms with Gasteiger partial charge in [-0.25, -0.2) is 0 Å². The van der Waals surface area contributed by atoms with Gasteiger partial charge in [-0.2, -0.15) is 20.3 Å². The van der Waals surface area contributed by atoms with Crippen LogP contribution in [0.2, 0.25) is 0 Å². The molecule has 1 aromatic rings. The SMILES string of the molecule is CC(=O)N[C@H]1C(O[C@@H]2OC(C)[C@H](C)[C@H](O[C@@H]3OC(C)[C@H](C)[C@H](C)C3C)C2OC(C)=O)[C@@H]2OC(C)(C)OCC2O[C@H]1OC1[C@H]([O][AlH][I])OC(C)[C@H](C)[C@@H]1O[C@H]1O[C@@H](COCc2ccccc2)[C@@H](C)C(C)C1C. The van der Waals surface area contributed by atoms with Crippen molar-refractivity contribution >= 4 is 44.4 Å². The Balaban J connectivity index is 1.19. The van der Waals surface area contributed by atoms with Crippen molar-refractivity contribution in [2.45, 2.75) is 221 Å². The number of halogens is 1. The maximum Gasteiger partial charge on any atom is 0.527 e. The molecule has 0 aliphatic carbocycles. The third-order valence-corrected chi connectivity index (χ3v) is 18.2. The Hall–Kier alpha value is -1.10. The summed E-state index contributed by atoms with van der Waals surface area (Å²) >= 11 is 1.19. The molecule has 0 saturated carbocycles. The molecular formula is C52H83AlINO16. The van der Waals surface area contributed by atoms with Crippen LogP contribution in [0, 0.1) is 47.3 Å². The normalized spacial score (nSPS) is 45.8. The second-order valence-electron chi connectivity index (χ2n) is 21.9. The molecule has 0 spiro atoms. The summed E-state index contributed by atoms with van der Waals surface area (Å²) in [5.74, 6) is -1.29. The summed E-state index contributed by atoms with van der Waals surface area (Å²) in [6.07, 6.45) is -11.2. The molecule has 6 fully saturated rings. The Bertz CT molecular complexity index is 1870. The zero-order valence-electron chi connectivity index (χ0n) is 44.6. The highest BCUT2D eigenvalue weighted by atomic mass is 127. The molecule has 0 aromatic heterocycles. The van der Waals surface area contributed by atoms with E-state index < -0.39 is 110 Å². The number of esters is 1. The standard InChI is InChI=1S/C52H82NO16.Al.HI.H/c1-24-26(3)32(9)60-48(28(24)5)66-42-31(8)34(11)61-51(46(42)62-36(13)55)67-44-40(53-35(12)54)50(64-39-23-58-52(14,15)69-43(39)44)68-45-41(30(7)33(10)59-47(45)56)65-49-29(6)25(2)27(4)38(63-49)22-57-21-37-19-17-16-18-20-37;;;/h16-20,24-34,38-51H,21-23H2,1-15H3,(H,53,54);;1H;/q-1;+2;;/p-1/t24-,25?,26+,27-,28?,29?,30-,31-,32?,33?,34?,38-,39?,40-,41-,42-,43+,44?,45?,46?,47+,48-,49+,50-,51-;;;/m0.../s1.